The number of nitriles is 1. The van der Waals surface area contributed by atoms with Crippen molar-refractivity contribution in [2.75, 3.05) is 13.6 Å². The summed E-state index contributed by atoms with van der Waals surface area (Å²) < 4.78 is 0. The number of hydrogen-bond donors (Lipinski definition) is 0. The van der Waals surface area contributed by atoms with E-state index in [1.54, 1.807) is 0 Å². The van der Waals surface area contributed by atoms with Crippen LogP contribution in [0.2, 0.25) is 0 Å². The first kappa shape index (κ1) is 19.0. The molecule has 1 radical (unpaired) electrons. The van der Waals surface area contributed by atoms with Crippen LogP contribution in [0.5, 0.6) is 0 Å². The molecule has 1 rings (SSSR count). The molecule has 4 nitrogen and oxygen atoms in total. The molecule has 0 aromatic rings. The third kappa shape index (κ3) is 5.49. The van der Waals surface area contributed by atoms with Gasteiger partial charge in [0.1, 0.15) is 0 Å². The number of carbonyl (C=O) groups is 1. The van der Waals surface area contributed by atoms with Crippen LogP contribution in [0.1, 0.15) is 32.6 Å². The van der Waals surface area contributed by atoms with Crippen LogP contribution >= 0.6 is 0 Å². The maximum Gasteiger partial charge on any atom is 0.206 e. The van der Waals surface area contributed by atoms with E-state index in [1.165, 1.54) is 24.2 Å². The standard InChI is InChI=1S/C14H23N3O.Y/c1-5-12-6-7-13(8-12)16(3)10-14(18)17(4)11(2)9-15;/h11-13H,2,4-8,10H2,1,3H3;/q-2;/t11-,12?,13?;/m0./s1. The Morgan fingerprint density at radius 2 is 2.16 bits per heavy atom. The average Bonchev–Trinajstić information content (AvgIpc) is 2.85. The zero-order chi connectivity index (χ0) is 13.7. The topological polar surface area (TPSA) is 47.3 Å². The van der Waals surface area contributed by atoms with Gasteiger partial charge in [0.2, 0.25) is 5.91 Å². The van der Waals surface area contributed by atoms with Gasteiger partial charge in [0.25, 0.3) is 0 Å². The van der Waals surface area contributed by atoms with Gasteiger partial charge in [-0.25, -0.2) is 0 Å². The molecule has 1 aliphatic rings. The van der Waals surface area contributed by atoms with Gasteiger partial charge in [-0.3, -0.25) is 16.7 Å². The fourth-order valence-electron chi connectivity index (χ4n) is 2.50. The summed E-state index contributed by atoms with van der Waals surface area (Å²) in [4.78, 5) is 15.1. The molecule has 1 saturated carbocycles. The summed E-state index contributed by atoms with van der Waals surface area (Å²) >= 11 is 0. The fourth-order valence-corrected chi connectivity index (χ4v) is 2.50. The van der Waals surface area contributed by atoms with E-state index in [9.17, 15) is 4.79 Å². The van der Waals surface area contributed by atoms with Crippen LogP contribution in [0.25, 0.3) is 0 Å². The first-order valence-electron chi connectivity index (χ1n) is 6.55. The second-order valence-corrected chi connectivity index (χ2v) is 5.16. The molecule has 1 aliphatic carbocycles. The Balaban J connectivity index is 0.00000324. The van der Waals surface area contributed by atoms with Crippen molar-refractivity contribution in [1.82, 2.24) is 9.80 Å². The second kappa shape index (κ2) is 9.05. The predicted octanol–water partition coefficient (Wildman–Crippen LogP) is 1.84. The molecule has 105 valence electrons. The van der Waals surface area contributed by atoms with Gasteiger partial charge >= 0.3 is 0 Å². The maximum absolute atomic E-state index is 11.9. The van der Waals surface area contributed by atoms with E-state index in [-0.39, 0.29) is 38.6 Å². The van der Waals surface area contributed by atoms with E-state index in [1.807, 2.05) is 13.1 Å². The molecule has 0 aromatic carbocycles. The monoisotopic (exact) mass is 338 g/mol. The molecule has 0 spiro atoms. The molecule has 1 fully saturated rings. The molecule has 1 amide bonds. The Bertz CT molecular complexity index is 329. The molecule has 2 unspecified atom stereocenters. The normalized spacial score (nSPS) is 23.6. The molecule has 0 N–H and O–H groups in total. The van der Waals surface area contributed by atoms with Gasteiger partial charge in [0.15, 0.2) is 0 Å². The summed E-state index contributed by atoms with van der Waals surface area (Å²) in [5.74, 6) is 0.655. The SMILES string of the molecule is [CH2-][C@@H](C#N)N([CH2-])C(=O)CN(C)C1CCC(CC)C1.[Y]. The van der Waals surface area contributed by atoms with Crippen LogP contribution in [-0.2, 0) is 37.5 Å². The van der Waals surface area contributed by atoms with Crippen molar-refractivity contribution in [3.63, 3.8) is 0 Å². The van der Waals surface area contributed by atoms with E-state index >= 15 is 0 Å². The Morgan fingerprint density at radius 3 is 2.63 bits per heavy atom. The summed E-state index contributed by atoms with van der Waals surface area (Å²) in [5, 5.41) is 8.71. The van der Waals surface area contributed by atoms with E-state index in [2.05, 4.69) is 25.8 Å². The maximum atomic E-state index is 11.9. The number of hydrogen-bond acceptors (Lipinski definition) is 3. The smallest absolute Gasteiger partial charge is 0.206 e. The van der Waals surface area contributed by atoms with Crippen molar-refractivity contribution in [2.24, 2.45) is 5.92 Å². The van der Waals surface area contributed by atoms with Gasteiger partial charge in [0.05, 0.1) is 12.6 Å². The van der Waals surface area contributed by atoms with Crippen LogP contribution in [0.4, 0.5) is 0 Å². The van der Waals surface area contributed by atoms with Crippen molar-refractivity contribution in [3.05, 3.63) is 14.0 Å². The van der Waals surface area contributed by atoms with Crippen LogP contribution in [0.15, 0.2) is 0 Å². The first-order chi connectivity index (χ1) is 8.49. The molecule has 5 heteroatoms. The zero-order valence-electron chi connectivity index (χ0n) is 12.0. The van der Waals surface area contributed by atoms with Crippen molar-refractivity contribution in [3.8, 4) is 6.07 Å². The largest absolute Gasteiger partial charge is 0.505 e. The third-order valence-corrected chi connectivity index (χ3v) is 3.94. The number of carbonyl (C=O) groups excluding carboxylic acids is 1. The van der Waals surface area contributed by atoms with Gasteiger partial charge in [-0.1, -0.05) is 13.3 Å². The van der Waals surface area contributed by atoms with Crippen LogP contribution < -0.4 is 0 Å². The Hall–Kier alpha value is 0.0239. The van der Waals surface area contributed by atoms with E-state index in [4.69, 9.17) is 5.26 Å². The van der Waals surface area contributed by atoms with Crippen molar-refractivity contribution >= 4 is 5.91 Å². The molecule has 0 bridgehead atoms. The van der Waals surface area contributed by atoms with Gasteiger partial charge in [0, 0.05) is 38.8 Å². The molecule has 19 heavy (non-hydrogen) atoms. The summed E-state index contributed by atoms with van der Waals surface area (Å²) in [6, 6.07) is 1.69. The summed E-state index contributed by atoms with van der Waals surface area (Å²) in [6.45, 7) is 6.11. The van der Waals surface area contributed by atoms with Crippen LogP contribution in [0, 0.1) is 31.2 Å². The molecule has 0 aromatic heterocycles. The Morgan fingerprint density at radius 1 is 1.53 bits per heavy atom. The zero-order valence-corrected chi connectivity index (χ0v) is 14.8. The molecular formula is C14H23N3OY-2. The Kier molecular flexibility index (Phi) is 9.06. The minimum absolute atomic E-state index is 0. The Labute approximate surface area is 142 Å². The van der Waals surface area contributed by atoms with Crippen molar-refractivity contribution in [2.45, 2.75) is 44.7 Å². The van der Waals surface area contributed by atoms with Crippen LogP contribution in [-0.4, -0.2) is 41.4 Å². The fraction of sp³-hybridized carbons (Fsp3) is 0.714. The number of amides is 1. The second-order valence-electron chi connectivity index (χ2n) is 5.16. The quantitative estimate of drug-likeness (QED) is 0.719. The van der Waals surface area contributed by atoms with E-state index in [0.717, 1.165) is 12.3 Å². The molecule has 3 atom stereocenters. The molecule has 0 aliphatic heterocycles. The minimum atomic E-state index is -0.710. The van der Waals surface area contributed by atoms with Crippen LogP contribution in [0.3, 0.4) is 0 Å². The molecular weight excluding hydrogens is 315 g/mol. The van der Waals surface area contributed by atoms with Gasteiger partial charge in [-0.2, -0.15) is 5.26 Å². The van der Waals surface area contributed by atoms with E-state index in [0.29, 0.717) is 12.6 Å². The van der Waals surface area contributed by atoms with Gasteiger partial charge < -0.3 is 11.8 Å². The summed E-state index contributed by atoms with van der Waals surface area (Å²) in [6.07, 6.45) is 4.80. The van der Waals surface area contributed by atoms with Gasteiger partial charge in [-0.05, 0) is 38.3 Å². The van der Waals surface area contributed by atoms with E-state index < -0.39 is 6.04 Å². The average molecular weight is 338 g/mol. The summed E-state index contributed by atoms with van der Waals surface area (Å²) in [5.41, 5.74) is 0. The number of likely N-dealkylation sites (N-methyl/N-ethyl adjacent to an activating group) is 1. The predicted molar refractivity (Wildman–Crippen MR) is 71.0 cm³/mol. The number of rotatable bonds is 5. The minimum Gasteiger partial charge on any atom is -0.505 e. The third-order valence-electron chi connectivity index (χ3n) is 3.94. The van der Waals surface area contributed by atoms with Gasteiger partial charge in [-0.15, -0.1) is 0 Å². The molecule has 0 saturated heterocycles. The summed E-state index contributed by atoms with van der Waals surface area (Å²) in [7, 11) is 5.56. The number of nitrogens with zero attached hydrogens (tertiary/aromatic N) is 3. The van der Waals surface area contributed by atoms with Crippen molar-refractivity contribution < 1.29 is 37.5 Å². The molecule has 0 heterocycles. The van der Waals surface area contributed by atoms with Crippen molar-refractivity contribution in [1.29, 1.82) is 5.26 Å². The first-order valence-corrected chi connectivity index (χ1v) is 6.55.